The van der Waals surface area contributed by atoms with E-state index in [-0.39, 0.29) is 0 Å². The summed E-state index contributed by atoms with van der Waals surface area (Å²) in [7, 11) is 0. The summed E-state index contributed by atoms with van der Waals surface area (Å²) in [4.78, 5) is 17.2. The van der Waals surface area contributed by atoms with Gasteiger partial charge in [0, 0.05) is 22.0 Å². The van der Waals surface area contributed by atoms with Crippen molar-refractivity contribution in [2.24, 2.45) is 0 Å². The van der Waals surface area contributed by atoms with Crippen LogP contribution in [0.1, 0.15) is 59.0 Å². The molecule has 1 heterocycles. The Morgan fingerprint density at radius 2 is 1.58 bits per heavy atom. The van der Waals surface area contributed by atoms with Gasteiger partial charge in [0.05, 0.1) is 22.3 Å². The lowest BCUT2D eigenvalue weighted by Gasteiger charge is -2.15. The van der Waals surface area contributed by atoms with Gasteiger partial charge in [-0.05, 0) is 84.5 Å². The van der Waals surface area contributed by atoms with Gasteiger partial charge in [-0.25, -0.2) is 9.78 Å². The first-order valence-corrected chi connectivity index (χ1v) is 12.7. The maximum absolute atomic E-state index is 12.0. The van der Waals surface area contributed by atoms with Crippen molar-refractivity contribution in [3.63, 3.8) is 0 Å². The first kappa shape index (κ1) is 21.1. The van der Waals surface area contributed by atoms with Gasteiger partial charge in [-0.3, -0.25) is 0 Å². The number of pyridine rings is 1. The number of fused-ring (bicyclic) bond motifs is 2. The molecule has 4 heteroatoms. The number of aromatic nitrogens is 1. The number of carboxylic acids is 1. The van der Waals surface area contributed by atoms with E-state index < -0.39 is 5.97 Å². The molecule has 0 amide bonds. The van der Waals surface area contributed by atoms with Gasteiger partial charge < -0.3 is 10.4 Å². The van der Waals surface area contributed by atoms with Crippen LogP contribution in [0.2, 0.25) is 0 Å². The second-order valence-corrected chi connectivity index (χ2v) is 10.1. The second-order valence-electron chi connectivity index (χ2n) is 10.1. The highest BCUT2D eigenvalue weighted by molar-refractivity contribution is 6.02. The van der Waals surface area contributed by atoms with Gasteiger partial charge in [-0.2, -0.15) is 0 Å². The molecule has 36 heavy (non-hydrogen) atoms. The van der Waals surface area contributed by atoms with Crippen LogP contribution in [-0.4, -0.2) is 16.1 Å². The largest absolute Gasteiger partial charge is 0.478 e. The van der Waals surface area contributed by atoms with Crippen molar-refractivity contribution in [1.82, 2.24) is 4.98 Å². The summed E-state index contributed by atoms with van der Waals surface area (Å²) in [5.41, 5.74) is 8.60. The first-order chi connectivity index (χ1) is 17.6. The molecule has 2 N–H and O–H groups in total. The zero-order valence-electron chi connectivity index (χ0n) is 19.9. The van der Waals surface area contributed by atoms with Crippen LogP contribution in [0.3, 0.4) is 0 Å². The summed E-state index contributed by atoms with van der Waals surface area (Å²) < 4.78 is 0. The molecule has 7 rings (SSSR count). The molecule has 176 valence electrons. The third-order valence-electron chi connectivity index (χ3n) is 7.50. The van der Waals surface area contributed by atoms with Gasteiger partial charge in [-0.1, -0.05) is 54.6 Å². The molecule has 2 aliphatic carbocycles. The summed E-state index contributed by atoms with van der Waals surface area (Å²) in [6.45, 7) is 0. The first-order valence-electron chi connectivity index (χ1n) is 12.7. The lowest BCUT2D eigenvalue weighted by atomic mass is 9.93. The van der Waals surface area contributed by atoms with Gasteiger partial charge in [-0.15, -0.1) is 0 Å². The number of rotatable bonds is 6. The van der Waals surface area contributed by atoms with Crippen molar-refractivity contribution < 1.29 is 9.90 Å². The molecule has 0 radical (unpaired) electrons. The van der Waals surface area contributed by atoms with E-state index in [1.54, 1.807) is 0 Å². The molecule has 0 atom stereocenters. The lowest BCUT2D eigenvalue weighted by molar-refractivity contribution is 0.0698. The minimum absolute atomic E-state index is 0.311. The number of hydrogen-bond acceptors (Lipinski definition) is 3. The van der Waals surface area contributed by atoms with Crippen LogP contribution >= 0.6 is 0 Å². The highest BCUT2D eigenvalue weighted by Gasteiger charge is 2.28. The maximum Gasteiger partial charge on any atom is 0.337 e. The van der Waals surface area contributed by atoms with E-state index in [2.05, 4.69) is 59.9 Å². The van der Waals surface area contributed by atoms with E-state index in [4.69, 9.17) is 4.98 Å². The van der Waals surface area contributed by atoms with Crippen molar-refractivity contribution in [3.05, 3.63) is 102 Å². The number of aromatic carboxylic acids is 1. The fraction of sp³-hybridized carbons (Fsp3) is 0.188. The van der Waals surface area contributed by atoms with E-state index >= 15 is 0 Å². The fourth-order valence-corrected chi connectivity index (χ4v) is 5.30. The van der Waals surface area contributed by atoms with Crippen molar-refractivity contribution >= 4 is 39.1 Å². The Bertz CT molecular complexity index is 1650. The molecular weight excluding hydrogens is 444 g/mol. The standard InChI is InChI=1S/C32H26N2O2/c35-32(36)27-17-22(19-6-7-19)12-15-28(27)33-25-13-10-23-16-24-11-14-26(20-8-9-20)30(21-4-2-1-3-5-21)31(24)34-29(23)18-25/h1-5,10-20,33H,6-9H2,(H,35,36). The van der Waals surface area contributed by atoms with Gasteiger partial charge in [0.25, 0.3) is 0 Å². The van der Waals surface area contributed by atoms with Gasteiger partial charge in [0.1, 0.15) is 0 Å². The topological polar surface area (TPSA) is 62.2 Å². The third kappa shape index (κ3) is 3.79. The molecule has 0 spiro atoms. The number of benzene rings is 4. The average molecular weight is 471 g/mol. The Morgan fingerprint density at radius 1 is 0.806 bits per heavy atom. The smallest absolute Gasteiger partial charge is 0.337 e. The summed E-state index contributed by atoms with van der Waals surface area (Å²) in [6.07, 6.45) is 4.75. The molecule has 0 saturated heterocycles. The van der Waals surface area contributed by atoms with E-state index in [9.17, 15) is 9.90 Å². The van der Waals surface area contributed by atoms with E-state index in [0.29, 0.717) is 23.1 Å². The van der Waals surface area contributed by atoms with Gasteiger partial charge in [0.15, 0.2) is 0 Å². The van der Waals surface area contributed by atoms with Crippen molar-refractivity contribution in [2.45, 2.75) is 37.5 Å². The van der Waals surface area contributed by atoms with Crippen LogP contribution in [0, 0.1) is 0 Å². The summed E-state index contributed by atoms with van der Waals surface area (Å²) in [6, 6.07) is 29.1. The van der Waals surface area contributed by atoms with Crippen LogP contribution in [0.25, 0.3) is 32.9 Å². The minimum Gasteiger partial charge on any atom is -0.478 e. The molecule has 0 unspecified atom stereocenters. The molecule has 5 aromatic rings. The Kier molecular flexibility index (Phi) is 4.81. The molecule has 1 aromatic heterocycles. The SMILES string of the molecule is O=C(O)c1cc(C2CC2)ccc1Nc1ccc2cc3ccc(C4CC4)c(-c4ccccc4)c3nc2c1. The Balaban J connectivity index is 1.34. The Labute approximate surface area is 209 Å². The number of nitrogens with zero attached hydrogens (tertiary/aromatic N) is 1. The number of carbonyl (C=O) groups is 1. The highest BCUT2D eigenvalue weighted by atomic mass is 16.4. The van der Waals surface area contributed by atoms with Crippen LogP contribution in [0.5, 0.6) is 0 Å². The minimum atomic E-state index is -0.912. The van der Waals surface area contributed by atoms with Crippen LogP contribution < -0.4 is 5.32 Å². The lowest BCUT2D eigenvalue weighted by Crippen LogP contribution is -2.04. The van der Waals surface area contributed by atoms with Gasteiger partial charge in [0.2, 0.25) is 0 Å². The zero-order valence-corrected chi connectivity index (χ0v) is 19.9. The molecule has 0 bridgehead atoms. The van der Waals surface area contributed by atoms with Crippen molar-refractivity contribution in [2.75, 3.05) is 5.32 Å². The molecule has 2 aliphatic rings. The molecule has 2 fully saturated rings. The van der Waals surface area contributed by atoms with Crippen LogP contribution in [0.15, 0.2) is 84.9 Å². The second kappa shape index (κ2) is 8.20. The summed E-state index contributed by atoms with van der Waals surface area (Å²) in [5, 5.41) is 15.4. The highest BCUT2D eigenvalue weighted by Crippen LogP contribution is 2.47. The van der Waals surface area contributed by atoms with Crippen LogP contribution in [-0.2, 0) is 0 Å². The molecule has 4 aromatic carbocycles. The molecule has 2 saturated carbocycles. The predicted molar refractivity (Wildman–Crippen MR) is 145 cm³/mol. The van der Waals surface area contributed by atoms with E-state index in [1.807, 2.05) is 30.3 Å². The zero-order chi connectivity index (χ0) is 24.2. The molecular formula is C32H26N2O2. The van der Waals surface area contributed by atoms with Crippen LogP contribution in [0.4, 0.5) is 11.4 Å². The molecule has 0 aliphatic heterocycles. The fourth-order valence-electron chi connectivity index (χ4n) is 5.30. The Hall–Kier alpha value is -4.18. The van der Waals surface area contributed by atoms with Crippen molar-refractivity contribution in [3.8, 4) is 11.1 Å². The number of nitrogens with one attached hydrogen (secondary N) is 1. The average Bonchev–Trinajstić information content (AvgIpc) is 3.81. The number of hydrogen-bond donors (Lipinski definition) is 2. The van der Waals surface area contributed by atoms with Gasteiger partial charge >= 0.3 is 5.97 Å². The Morgan fingerprint density at radius 3 is 2.33 bits per heavy atom. The third-order valence-corrected chi connectivity index (χ3v) is 7.50. The molecule has 4 nitrogen and oxygen atoms in total. The van der Waals surface area contributed by atoms with Crippen molar-refractivity contribution in [1.29, 1.82) is 0 Å². The number of carboxylic acid groups (broad SMARTS) is 1. The normalized spacial score (nSPS) is 15.3. The number of anilines is 2. The quantitative estimate of drug-likeness (QED) is 0.245. The summed E-state index contributed by atoms with van der Waals surface area (Å²) in [5.74, 6) is 0.211. The maximum atomic E-state index is 12.0. The predicted octanol–water partition coefficient (Wildman–Crippen LogP) is 8.25. The summed E-state index contributed by atoms with van der Waals surface area (Å²) >= 11 is 0. The van der Waals surface area contributed by atoms with E-state index in [1.165, 1.54) is 29.5 Å². The monoisotopic (exact) mass is 470 g/mol. The van der Waals surface area contributed by atoms with E-state index in [0.717, 1.165) is 45.9 Å².